The Kier molecular flexibility index (Phi) is 6.32. The summed E-state index contributed by atoms with van der Waals surface area (Å²) in [5.41, 5.74) is 1.81. The number of carboxylic acid groups (broad SMARTS) is 1. The van der Waals surface area contributed by atoms with Crippen LogP contribution in [0.5, 0.6) is 0 Å². The highest BCUT2D eigenvalue weighted by atomic mass is 79.9. The maximum Gasteiger partial charge on any atom is 0.337 e. The lowest BCUT2D eigenvalue weighted by molar-refractivity contribution is 0.0698. The highest BCUT2D eigenvalue weighted by molar-refractivity contribution is 9.10. The van der Waals surface area contributed by atoms with Crippen LogP contribution in [0.25, 0.3) is 0 Å². The summed E-state index contributed by atoms with van der Waals surface area (Å²) < 4.78 is 0.637. The van der Waals surface area contributed by atoms with Gasteiger partial charge in [0.05, 0.1) is 11.3 Å². The first-order chi connectivity index (χ1) is 13.0. The summed E-state index contributed by atoms with van der Waals surface area (Å²) in [7, 11) is 0. The molecule has 3 rings (SSSR count). The molecule has 0 fully saturated rings. The molecule has 4 nitrogen and oxygen atoms in total. The van der Waals surface area contributed by atoms with Gasteiger partial charge in [0.15, 0.2) is 0 Å². The van der Waals surface area contributed by atoms with Gasteiger partial charge in [-0.05, 0) is 48.0 Å². The molecule has 6 heteroatoms. The molecule has 0 heterocycles. The van der Waals surface area contributed by atoms with Crippen molar-refractivity contribution in [2.45, 2.75) is 10.6 Å². The number of hydrogen-bond donors (Lipinski definition) is 2. The molecule has 1 amide bonds. The van der Waals surface area contributed by atoms with Crippen molar-refractivity contribution in [2.75, 3.05) is 5.32 Å². The van der Waals surface area contributed by atoms with E-state index in [1.807, 2.05) is 48.5 Å². The van der Waals surface area contributed by atoms with Crippen LogP contribution < -0.4 is 5.32 Å². The Morgan fingerprint density at radius 3 is 2.48 bits per heavy atom. The lowest BCUT2D eigenvalue weighted by Gasteiger charge is -2.10. The number of hydrogen-bond acceptors (Lipinski definition) is 3. The van der Waals surface area contributed by atoms with Gasteiger partial charge in [0.1, 0.15) is 0 Å². The van der Waals surface area contributed by atoms with Crippen molar-refractivity contribution in [3.05, 3.63) is 94.0 Å². The minimum Gasteiger partial charge on any atom is -0.478 e. The number of carbonyl (C=O) groups is 2. The van der Waals surface area contributed by atoms with Crippen molar-refractivity contribution < 1.29 is 14.7 Å². The zero-order valence-corrected chi connectivity index (χ0v) is 16.6. The molecule has 0 aliphatic rings. The zero-order valence-electron chi connectivity index (χ0n) is 14.2. The van der Waals surface area contributed by atoms with E-state index < -0.39 is 5.97 Å². The molecule has 0 radical (unpaired) electrons. The van der Waals surface area contributed by atoms with Gasteiger partial charge in [0.25, 0.3) is 5.91 Å². The maximum atomic E-state index is 12.6. The molecule has 0 atom stereocenters. The summed E-state index contributed by atoms with van der Waals surface area (Å²) in [6, 6.07) is 22.1. The molecule has 2 N–H and O–H groups in total. The molecule has 0 saturated carbocycles. The number of thioether (sulfide) groups is 1. The van der Waals surface area contributed by atoms with Crippen molar-refractivity contribution >= 4 is 45.3 Å². The fourth-order valence-electron chi connectivity index (χ4n) is 2.48. The summed E-state index contributed by atoms with van der Waals surface area (Å²) in [6.07, 6.45) is 0. The fourth-order valence-corrected chi connectivity index (χ4v) is 3.71. The lowest BCUT2D eigenvalue weighted by Crippen LogP contribution is -2.15. The molecule has 3 aromatic rings. The Hall–Kier alpha value is -2.57. The predicted octanol–water partition coefficient (Wildman–Crippen LogP) is 5.69. The lowest BCUT2D eigenvalue weighted by atomic mass is 10.1. The van der Waals surface area contributed by atoms with Gasteiger partial charge in [0.2, 0.25) is 0 Å². The molecule has 0 aromatic heterocycles. The zero-order chi connectivity index (χ0) is 19.2. The first-order valence-corrected chi connectivity index (χ1v) is 9.92. The largest absolute Gasteiger partial charge is 0.478 e. The number of carbonyl (C=O) groups excluding carboxylic acids is 1. The molecule has 3 aromatic carbocycles. The van der Waals surface area contributed by atoms with Gasteiger partial charge in [0, 0.05) is 20.7 Å². The molecule has 0 aliphatic carbocycles. The summed E-state index contributed by atoms with van der Waals surface area (Å²) in [5.74, 6) is -0.699. The van der Waals surface area contributed by atoms with Crippen molar-refractivity contribution in [2.24, 2.45) is 0 Å². The van der Waals surface area contributed by atoms with Gasteiger partial charge in [-0.25, -0.2) is 4.79 Å². The summed E-state index contributed by atoms with van der Waals surface area (Å²) in [6.45, 7) is 0. The normalized spacial score (nSPS) is 10.4. The second kappa shape index (κ2) is 8.88. The van der Waals surface area contributed by atoms with Crippen molar-refractivity contribution in [3.63, 3.8) is 0 Å². The average molecular weight is 442 g/mol. The van der Waals surface area contributed by atoms with Crippen LogP contribution in [-0.4, -0.2) is 17.0 Å². The third-order valence-electron chi connectivity index (χ3n) is 3.80. The smallest absolute Gasteiger partial charge is 0.337 e. The van der Waals surface area contributed by atoms with E-state index in [1.165, 1.54) is 6.07 Å². The van der Waals surface area contributed by atoms with E-state index in [0.29, 0.717) is 10.0 Å². The Labute approximate surface area is 169 Å². The standard InChI is InChI=1S/C21H16BrNO3S/c22-16-9-10-19(18(12-16)21(25)26)23-20(24)15-6-4-5-14(11-15)13-27-17-7-2-1-3-8-17/h1-12H,13H2,(H,23,24)(H,25,26). The van der Waals surface area contributed by atoms with Crippen LogP contribution in [0, 0.1) is 0 Å². The van der Waals surface area contributed by atoms with E-state index in [-0.39, 0.29) is 17.2 Å². The SMILES string of the molecule is O=C(Nc1ccc(Br)cc1C(=O)O)c1cccc(CSc2ccccc2)c1. The monoisotopic (exact) mass is 441 g/mol. The summed E-state index contributed by atoms with van der Waals surface area (Å²) >= 11 is 4.93. The van der Waals surface area contributed by atoms with Crippen LogP contribution in [0.2, 0.25) is 0 Å². The Morgan fingerprint density at radius 2 is 1.74 bits per heavy atom. The number of nitrogens with one attached hydrogen (secondary N) is 1. The molecule has 0 aliphatic heterocycles. The van der Waals surface area contributed by atoms with Crippen molar-refractivity contribution in [1.29, 1.82) is 0 Å². The van der Waals surface area contributed by atoms with Crippen LogP contribution in [0.1, 0.15) is 26.3 Å². The van der Waals surface area contributed by atoms with Gasteiger partial charge in [-0.2, -0.15) is 0 Å². The van der Waals surface area contributed by atoms with Gasteiger partial charge in [-0.1, -0.05) is 46.3 Å². The number of benzene rings is 3. The van der Waals surface area contributed by atoms with E-state index >= 15 is 0 Å². The van der Waals surface area contributed by atoms with Crippen LogP contribution in [0.4, 0.5) is 5.69 Å². The molecule has 0 spiro atoms. The minimum atomic E-state index is -1.10. The van der Waals surface area contributed by atoms with E-state index in [2.05, 4.69) is 21.2 Å². The third-order valence-corrected chi connectivity index (χ3v) is 5.37. The summed E-state index contributed by atoms with van der Waals surface area (Å²) in [5, 5.41) is 12.0. The van der Waals surface area contributed by atoms with E-state index in [4.69, 9.17) is 0 Å². The third kappa shape index (κ3) is 5.21. The van der Waals surface area contributed by atoms with E-state index in [9.17, 15) is 14.7 Å². The number of aromatic carboxylic acids is 1. The highest BCUT2D eigenvalue weighted by Gasteiger charge is 2.14. The molecule has 0 saturated heterocycles. The molecule has 0 bridgehead atoms. The molecular formula is C21H16BrNO3S. The first-order valence-electron chi connectivity index (χ1n) is 8.14. The maximum absolute atomic E-state index is 12.6. The number of anilines is 1. The molecular weight excluding hydrogens is 426 g/mol. The first kappa shape index (κ1) is 19.2. The Balaban J connectivity index is 1.73. The molecule has 27 heavy (non-hydrogen) atoms. The van der Waals surface area contributed by atoms with Gasteiger partial charge in [-0.15, -0.1) is 11.8 Å². The summed E-state index contributed by atoms with van der Waals surface area (Å²) in [4.78, 5) is 25.1. The minimum absolute atomic E-state index is 0.0357. The highest BCUT2D eigenvalue weighted by Crippen LogP contribution is 2.24. The number of carboxylic acids is 1. The average Bonchev–Trinajstić information content (AvgIpc) is 2.68. The van der Waals surface area contributed by atoms with E-state index in [1.54, 1.807) is 30.0 Å². The predicted molar refractivity (Wildman–Crippen MR) is 111 cm³/mol. The van der Waals surface area contributed by atoms with Crippen LogP contribution in [0.3, 0.4) is 0 Å². The molecule has 0 unspecified atom stereocenters. The van der Waals surface area contributed by atoms with Crippen molar-refractivity contribution in [1.82, 2.24) is 0 Å². The topological polar surface area (TPSA) is 66.4 Å². The van der Waals surface area contributed by atoms with Gasteiger partial charge in [-0.3, -0.25) is 4.79 Å². The molecule has 136 valence electrons. The Morgan fingerprint density at radius 1 is 0.963 bits per heavy atom. The van der Waals surface area contributed by atoms with E-state index in [0.717, 1.165) is 16.2 Å². The van der Waals surface area contributed by atoms with Crippen LogP contribution in [-0.2, 0) is 5.75 Å². The number of rotatable bonds is 6. The van der Waals surface area contributed by atoms with Crippen LogP contribution >= 0.6 is 27.7 Å². The number of halogens is 1. The quantitative estimate of drug-likeness (QED) is 0.482. The van der Waals surface area contributed by atoms with Crippen LogP contribution in [0.15, 0.2) is 82.2 Å². The second-order valence-electron chi connectivity index (χ2n) is 5.75. The number of amides is 1. The van der Waals surface area contributed by atoms with Gasteiger partial charge >= 0.3 is 5.97 Å². The Bertz CT molecular complexity index is 976. The van der Waals surface area contributed by atoms with Gasteiger partial charge < -0.3 is 10.4 Å². The van der Waals surface area contributed by atoms with Crippen molar-refractivity contribution in [3.8, 4) is 0 Å². The second-order valence-corrected chi connectivity index (χ2v) is 7.72. The fraction of sp³-hybridized carbons (Fsp3) is 0.0476.